The van der Waals surface area contributed by atoms with Gasteiger partial charge in [0.2, 0.25) is 5.91 Å². The smallest absolute Gasteiger partial charge is 0.219 e. The summed E-state index contributed by atoms with van der Waals surface area (Å²) in [6.07, 6.45) is 4.23. The Labute approximate surface area is 153 Å². The molecule has 1 aromatic heterocycles. The van der Waals surface area contributed by atoms with E-state index in [4.69, 9.17) is 10.7 Å². The van der Waals surface area contributed by atoms with E-state index in [1.807, 2.05) is 17.9 Å². The van der Waals surface area contributed by atoms with Crippen LogP contribution in [-0.4, -0.2) is 47.8 Å². The molecule has 7 heteroatoms. The number of rotatable bonds is 3. The van der Waals surface area contributed by atoms with E-state index in [1.165, 1.54) is 0 Å². The highest BCUT2D eigenvalue weighted by atomic mass is 16.2. The first-order chi connectivity index (χ1) is 12.5. The molecular weight excluding hydrogens is 328 g/mol. The normalized spacial score (nSPS) is 16.8. The number of pyridine rings is 1. The molecule has 2 aliphatic heterocycles. The minimum Gasteiger partial charge on any atom is -0.388 e. The molecule has 3 heterocycles. The molecule has 2 N–H and O–H groups in total. The fourth-order valence-corrected chi connectivity index (χ4v) is 3.60. The standard InChI is InChI=1S/C19H24N6O/c1-3-22-17-6-8-24(13(2)26)12-16(17)19(21)25-7-4-5-14-9-15(10-20)23-11-18(14)25/h9,11,21-22H,3-8,12H2,1-2H3. The van der Waals surface area contributed by atoms with E-state index in [0.29, 0.717) is 24.6 Å². The Bertz CT molecular complexity index is 807. The first-order valence-corrected chi connectivity index (χ1v) is 9.02. The minimum absolute atomic E-state index is 0.0326. The van der Waals surface area contributed by atoms with E-state index < -0.39 is 0 Å². The second-order valence-electron chi connectivity index (χ2n) is 6.59. The number of aryl methyl sites for hydroxylation is 1. The van der Waals surface area contributed by atoms with E-state index in [2.05, 4.69) is 16.4 Å². The molecule has 26 heavy (non-hydrogen) atoms. The average Bonchev–Trinajstić information content (AvgIpc) is 2.66. The van der Waals surface area contributed by atoms with Gasteiger partial charge < -0.3 is 15.1 Å². The largest absolute Gasteiger partial charge is 0.388 e. The summed E-state index contributed by atoms with van der Waals surface area (Å²) in [6.45, 7) is 6.26. The summed E-state index contributed by atoms with van der Waals surface area (Å²) in [7, 11) is 0. The Morgan fingerprint density at radius 1 is 1.42 bits per heavy atom. The van der Waals surface area contributed by atoms with Gasteiger partial charge in [-0.2, -0.15) is 5.26 Å². The average molecular weight is 352 g/mol. The molecular formula is C19H24N6O. The molecule has 0 spiro atoms. The molecule has 2 aliphatic rings. The zero-order valence-electron chi connectivity index (χ0n) is 15.3. The molecule has 136 valence electrons. The van der Waals surface area contributed by atoms with Gasteiger partial charge in [-0.1, -0.05) is 0 Å². The number of amides is 1. The van der Waals surface area contributed by atoms with Crippen molar-refractivity contribution in [3.8, 4) is 6.07 Å². The lowest BCUT2D eigenvalue weighted by Crippen LogP contribution is -2.45. The molecule has 0 aromatic carbocycles. The highest BCUT2D eigenvalue weighted by Crippen LogP contribution is 2.29. The van der Waals surface area contributed by atoms with Gasteiger partial charge in [-0.05, 0) is 31.4 Å². The fraction of sp³-hybridized carbons (Fsp3) is 0.474. The SMILES string of the molecule is CCNC1=C(C(=N)N2CCCc3cc(C#N)ncc32)CN(C(C)=O)CC1. The Kier molecular flexibility index (Phi) is 5.21. The maximum absolute atomic E-state index is 11.8. The zero-order valence-corrected chi connectivity index (χ0v) is 15.3. The Balaban J connectivity index is 1.95. The Hall–Kier alpha value is -2.88. The summed E-state index contributed by atoms with van der Waals surface area (Å²) in [4.78, 5) is 19.8. The van der Waals surface area contributed by atoms with Crippen LogP contribution in [-0.2, 0) is 11.2 Å². The van der Waals surface area contributed by atoms with Crippen molar-refractivity contribution < 1.29 is 4.79 Å². The molecule has 0 aliphatic carbocycles. The van der Waals surface area contributed by atoms with E-state index in [9.17, 15) is 4.79 Å². The van der Waals surface area contributed by atoms with Gasteiger partial charge >= 0.3 is 0 Å². The number of amidine groups is 1. The number of hydrogen-bond donors (Lipinski definition) is 2. The van der Waals surface area contributed by atoms with Gasteiger partial charge in [-0.3, -0.25) is 10.2 Å². The number of carbonyl (C=O) groups is 1. The van der Waals surface area contributed by atoms with Gasteiger partial charge in [0.05, 0.1) is 18.4 Å². The number of aromatic nitrogens is 1. The van der Waals surface area contributed by atoms with Crippen molar-refractivity contribution in [2.75, 3.05) is 31.1 Å². The third kappa shape index (κ3) is 3.40. The van der Waals surface area contributed by atoms with E-state index >= 15 is 0 Å². The topological polar surface area (TPSA) is 96.1 Å². The van der Waals surface area contributed by atoms with E-state index in [-0.39, 0.29) is 5.91 Å². The van der Waals surface area contributed by atoms with Crippen molar-refractivity contribution >= 4 is 17.4 Å². The summed E-state index contributed by atoms with van der Waals surface area (Å²) in [5, 5.41) is 21.3. The number of anilines is 1. The zero-order chi connectivity index (χ0) is 18.7. The van der Waals surface area contributed by atoms with Gasteiger partial charge in [0.1, 0.15) is 17.6 Å². The van der Waals surface area contributed by atoms with E-state index in [1.54, 1.807) is 18.0 Å². The van der Waals surface area contributed by atoms with Crippen LogP contribution in [0.4, 0.5) is 5.69 Å². The second kappa shape index (κ2) is 7.56. The molecule has 3 rings (SSSR count). The molecule has 1 aromatic rings. The lowest BCUT2D eigenvalue weighted by molar-refractivity contribution is -0.128. The van der Waals surface area contributed by atoms with Crippen LogP contribution < -0.4 is 10.2 Å². The minimum atomic E-state index is 0.0326. The molecule has 0 fully saturated rings. The van der Waals surface area contributed by atoms with Crippen LogP contribution in [0.1, 0.15) is 37.9 Å². The maximum atomic E-state index is 11.8. The molecule has 0 saturated heterocycles. The number of carbonyl (C=O) groups excluding carboxylic acids is 1. The highest BCUT2D eigenvalue weighted by molar-refractivity contribution is 6.09. The first-order valence-electron chi connectivity index (χ1n) is 9.02. The van der Waals surface area contributed by atoms with Gasteiger partial charge in [0.25, 0.3) is 0 Å². The van der Waals surface area contributed by atoms with Crippen LogP contribution in [0.3, 0.4) is 0 Å². The van der Waals surface area contributed by atoms with Crippen molar-refractivity contribution in [1.29, 1.82) is 10.7 Å². The van der Waals surface area contributed by atoms with Gasteiger partial charge in [0, 0.05) is 44.2 Å². The van der Waals surface area contributed by atoms with Crippen LogP contribution in [0.2, 0.25) is 0 Å². The summed E-state index contributed by atoms with van der Waals surface area (Å²) >= 11 is 0. The number of nitrogens with zero attached hydrogens (tertiary/aromatic N) is 4. The van der Waals surface area contributed by atoms with Crippen molar-refractivity contribution in [1.82, 2.24) is 15.2 Å². The van der Waals surface area contributed by atoms with E-state index in [0.717, 1.165) is 54.9 Å². The first kappa shape index (κ1) is 17.9. The summed E-state index contributed by atoms with van der Waals surface area (Å²) in [5.41, 5.74) is 4.26. The van der Waals surface area contributed by atoms with Crippen LogP contribution in [0.25, 0.3) is 0 Å². The van der Waals surface area contributed by atoms with Crippen LogP contribution >= 0.6 is 0 Å². The summed E-state index contributed by atoms with van der Waals surface area (Å²) in [6, 6.07) is 3.90. The van der Waals surface area contributed by atoms with Crippen molar-refractivity contribution in [3.63, 3.8) is 0 Å². The van der Waals surface area contributed by atoms with Crippen molar-refractivity contribution in [2.24, 2.45) is 0 Å². The lowest BCUT2D eigenvalue weighted by atomic mass is 9.99. The molecule has 7 nitrogen and oxygen atoms in total. The van der Waals surface area contributed by atoms with Gasteiger partial charge in [0.15, 0.2) is 0 Å². The van der Waals surface area contributed by atoms with Crippen molar-refractivity contribution in [3.05, 3.63) is 34.8 Å². The van der Waals surface area contributed by atoms with Gasteiger partial charge in [-0.25, -0.2) is 4.98 Å². The monoisotopic (exact) mass is 352 g/mol. The molecule has 0 unspecified atom stereocenters. The fourth-order valence-electron chi connectivity index (χ4n) is 3.60. The number of nitriles is 1. The van der Waals surface area contributed by atoms with Crippen LogP contribution in [0.5, 0.6) is 0 Å². The van der Waals surface area contributed by atoms with Crippen LogP contribution in [0, 0.1) is 16.7 Å². The Morgan fingerprint density at radius 2 is 2.23 bits per heavy atom. The quantitative estimate of drug-likeness (QED) is 0.639. The van der Waals surface area contributed by atoms with Gasteiger partial charge in [-0.15, -0.1) is 0 Å². The molecule has 0 radical (unpaired) electrons. The lowest BCUT2D eigenvalue weighted by Gasteiger charge is -2.36. The number of nitrogens with one attached hydrogen (secondary N) is 2. The molecule has 1 amide bonds. The summed E-state index contributed by atoms with van der Waals surface area (Å²) in [5.74, 6) is 0.449. The molecule has 0 bridgehead atoms. The second-order valence-corrected chi connectivity index (χ2v) is 6.59. The third-order valence-electron chi connectivity index (χ3n) is 4.94. The molecule has 0 atom stereocenters. The number of hydrogen-bond acceptors (Lipinski definition) is 5. The Morgan fingerprint density at radius 3 is 2.92 bits per heavy atom. The number of fused-ring (bicyclic) bond motifs is 1. The molecule has 0 saturated carbocycles. The third-order valence-corrected chi connectivity index (χ3v) is 4.94. The summed E-state index contributed by atoms with van der Waals surface area (Å²) < 4.78 is 0. The predicted octanol–water partition coefficient (Wildman–Crippen LogP) is 1.80. The van der Waals surface area contributed by atoms with Crippen LogP contribution in [0.15, 0.2) is 23.5 Å². The predicted molar refractivity (Wildman–Crippen MR) is 99.9 cm³/mol. The highest BCUT2D eigenvalue weighted by Gasteiger charge is 2.29. The maximum Gasteiger partial charge on any atom is 0.219 e. The van der Waals surface area contributed by atoms with Crippen molar-refractivity contribution in [2.45, 2.75) is 33.1 Å².